The molecule has 7 rings (SSSR count). The van der Waals surface area contributed by atoms with Gasteiger partial charge < -0.3 is 15.4 Å². The summed E-state index contributed by atoms with van der Waals surface area (Å²) >= 11 is 0. The van der Waals surface area contributed by atoms with Crippen LogP contribution in [0.15, 0.2) is 47.6 Å². The molecule has 4 fully saturated rings. The van der Waals surface area contributed by atoms with E-state index in [1.54, 1.807) is 42.1 Å². The number of rotatable bonds is 12. The molecule has 4 heterocycles. The number of aryl methyl sites for hydroxylation is 1. The minimum Gasteiger partial charge on any atom is -0.477 e. The quantitative estimate of drug-likeness (QED) is 0.297. The average Bonchev–Trinajstić information content (AvgIpc) is 3.95. The van der Waals surface area contributed by atoms with Gasteiger partial charge in [-0.1, -0.05) is 6.07 Å². The van der Waals surface area contributed by atoms with Crippen molar-refractivity contribution < 1.29 is 17.9 Å². The zero-order valence-electron chi connectivity index (χ0n) is 26.3. The molecule has 1 atom stereocenters. The number of carbonyl (C=O) groups excluding carboxylic acids is 1. The first-order chi connectivity index (χ1) is 21.5. The molecule has 11 nitrogen and oxygen atoms in total. The highest BCUT2D eigenvalue weighted by atomic mass is 32.2. The summed E-state index contributed by atoms with van der Waals surface area (Å²) in [5.41, 5.74) is 7.50. The highest BCUT2D eigenvalue weighted by molar-refractivity contribution is 7.90. The van der Waals surface area contributed by atoms with Gasteiger partial charge in [-0.3, -0.25) is 4.79 Å². The summed E-state index contributed by atoms with van der Waals surface area (Å²) < 4.78 is 36.2. The lowest BCUT2D eigenvalue weighted by atomic mass is 9.93. The molecule has 1 amide bonds. The molecule has 3 saturated carbocycles. The lowest BCUT2D eigenvalue weighted by molar-refractivity contribution is 0.0981. The molecule has 3 aromatic heterocycles. The van der Waals surface area contributed by atoms with E-state index in [-0.39, 0.29) is 16.1 Å². The van der Waals surface area contributed by atoms with Crippen LogP contribution in [0.3, 0.4) is 0 Å². The van der Waals surface area contributed by atoms with Gasteiger partial charge in [-0.2, -0.15) is 8.42 Å². The van der Waals surface area contributed by atoms with Crippen molar-refractivity contribution in [2.45, 2.75) is 82.7 Å². The Labute approximate surface area is 265 Å². The number of nitrogens with one attached hydrogen (secondary N) is 1. The number of ether oxygens (including phenoxy) is 1. The molecule has 4 aliphatic rings. The maximum atomic E-state index is 13.6. The second-order valence-electron chi connectivity index (χ2n) is 14.1. The third-order valence-corrected chi connectivity index (χ3v) is 12.0. The van der Waals surface area contributed by atoms with Gasteiger partial charge in [-0.25, -0.2) is 19.4 Å². The van der Waals surface area contributed by atoms with Crippen molar-refractivity contribution in [3.05, 3.63) is 53.9 Å². The Morgan fingerprint density at radius 1 is 1.07 bits per heavy atom. The van der Waals surface area contributed by atoms with Crippen LogP contribution in [0.4, 0.5) is 5.82 Å². The van der Waals surface area contributed by atoms with Gasteiger partial charge >= 0.3 is 0 Å². The molecule has 1 saturated heterocycles. The molecule has 45 heavy (non-hydrogen) atoms. The normalized spacial score (nSPS) is 22.1. The van der Waals surface area contributed by atoms with Gasteiger partial charge in [0, 0.05) is 30.0 Å². The SMILES string of the molecule is Cc1cccc(S(=O)(=O)NC(=O)c2ccc(-n3ccc(OCCC4C5(CC5)C45CC5)n3)nc2N2C[C@@H](CCCN)CC2(C)C)n1. The average molecular weight is 634 g/mol. The van der Waals surface area contributed by atoms with Crippen LogP contribution in [0.2, 0.25) is 0 Å². The summed E-state index contributed by atoms with van der Waals surface area (Å²) in [5, 5.41) is 4.43. The van der Waals surface area contributed by atoms with Crippen LogP contribution in [-0.4, -0.2) is 59.3 Å². The molecule has 1 aliphatic heterocycles. The highest BCUT2D eigenvalue weighted by Crippen LogP contribution is 2.93. The van der Waals surface area contributed by atoms with E-state index in [9.17, 15) is 13.2 Å². The highest BCUT2D eigenvalue weighted by Gasteiger charge is 2.85. The van der Waals surface area contributed by atoms with E-state index in [0.29, 0.717) is 59.7 Å². The fraction of sp³-hybridized carbons (Fsp3) is 0.576. The van der Waals surface area contributed by atoms with Crippen LogP contribution >= 0.6 is 0 Å². The Hall–Kier alpha value is -3.51. The van der Waals surface area contributed by atoms with Gasteiger partial charge in [0.25, 0.3) is 15.9 Å². The second kappa shape index (κ2) is 10.8. The van der Waals surface area contributed by atoms with Gasteiger partial charge in [0.05, 0.1) is 12.2 Å². The second-order valence-corrected chi connectivity index (χ2v) is 15.7. The number of aromatic nitrogens is 4. The molecule has 12 heteroatoms. The van der Waals surface area contributed by atoms with E-state index in [0.717, 1.165) is 31.6 Å². The Balaban J connectivity index is 1.13. The predicted octanol–water partition coefficient (Wildman–Crippen LogP) is 4.39. The fourth-order valence-electron chi connectivity index (χ4n) is 8.35. The summed E-state index contributed by atoms with van der Waals surface area (Å²) in [6, 6.07) is 9.79. The molecule has 3 N–H and O–H groups in total. The first-order valence-electron chi connectivity index (χ1n) is 16.2. The first-order valence-corrected chi connectivity index (χ1v) is 17.6. The van der Waals surface area contributed by atoms with Crippen molar-refractivity contribution in [2.75, 3.05) is 24.6 Å². The summed E-state index contributed by atoms with van der Waals surface area (Å²) in [7, 11) is -4.20. The van der Waals surface area contributed by atoms with E-state index in [4.69, 9.17) is 15.5 Å². The van der Waals surface area contributed by atoms with E-state index < -0.39 is 15.9 Å². The Morgan fingerprint density at radius 2 is 1.82 bits per heavy atom. The van der Waals surface area contributed by atoms with Gasteiger partial charge in [-0.05, 0) is 126 Å². The molecule has 0 aromatic carbocycles. The number of pyridine rings is 2. The van der Waals surface area contributed by atoms with Crippen LogP contribution in [0.1, 0.15) is 81.3 Å². The van der Waals surface area contributed by atoms with Crippen LogP contribution in [0.5, 0.6) is 5.88 Å². The van der Waals surface area contributed by atoms with Gasteiger partial charge in [0.1, 0.15) is 5.82 Å². The molecule has 3 aliphatic carbocycles. The summed E-state index contributed by atoms with van der Waals surface area (Å²) in [5.74, 6) is 1.88. The molecular weight excluding hydrogens is 590 g/mol. The molecule has 0 bridgehead atoms. The van der Waals surface area contributed by atoms with E-state index in [2.05, 4.69) is 33.6 Å². The lowest BCUT2D eigenvalue weighted by Crippen LogP contribution is -2.41. The number of amides is 1. The maximum Gasteiger partial charge on any atom is 0.281 e. The molecule has 0 unspecified atom stereocenters. The standard InChI is InChI=1S/C33H43N7O4S/c1-22-6-4-8-28(35-22)45(42,43)38-30(41)24-9-10-26(36-29(24)39-21-23(7-5-17-34)20-31(39,2)3)40-18-11-27(37-40)44-19-12-25-32(13-14-32)33(25)15-16-33/h4,6,8-11,18,23,25H,5,7,12-17,19-21,34H2,1-3H3,(H,38,41)/t23-/m0/s1. The van der Waals surface area contributed by atoms with Crippen molar-refractivity contribution in [3.63, 3.8) is 0 Å². The topological polar surface area (TPSA) is 145 Å². The number of sulfonamides is 1. The Morgan fingerprint density at radius 3 is 2.51 bits per heavy atom. The number of nitrogens with zero attached hydrogens (tertiary/aromatic N) is 5. The van der Waals surface area contributed by atoms with Crippen molar-refractivity contribution in [1.82, 2.24) is 24.5 Å². The monoisotopic (exact) mass is 633 g/mol. The number of hydrogen-bond acceptors (Lipinski definition) is 9. The fourth-order valence-corrected chi connectivity index (χ4v) is 9.33. The molecule has 3 aromatic rings. The molecule has 240 valence electrons. The number of nitrogens with two attached hydrogens (primary N) is 1. The molecular formula is C33H43N7O4S. The van der Waals surface area contributed by atoms with Crippen LogP contribution in [-0.2, 0) is 10.0 Å². The number of carbonyl (C=O) groups is 1. The number of anilines is 1. The van der Waals surface area contributed by atoms with E-state index in [1.165, 1.54) is 31.7 Å². The first kappa shape index (κ1) is 30.2. The zero-order chi connectivity index (χ0) is 31.6. The van der Waals surface area contributed by atoms with Crippen molar-refractivity contribution in [3.8, 4) is 11.7 Å². The number of hydrogen-bond donors (Lipinski definition) is 2. The van der Waals surface area contributed by atoms with E-state index in [1.807, 2.05) is 6.07 Å². The molecule has 0 radical (unpaired) electrons. The van der Waals surface area contributed by atoms with E-state index >= 15 is 0 Å². The predicted molar refractivity (Wildman–Crippen MR) is 170 cm³/mol. The lowest BCUT2D eigenvalue weighted by Gasteiger charge is -2.34. The summed E-state index contributed by atoms with van der Waals surface area (Å²) in [6.45, 7) is 7.89. The zero-order valence-corrected chi connectivity index (χ0v) is 27.1. The summed E-state index contributed by atoms with van der Waals surface area (Å²) in [4.78, 5) is 24.8. The largest absolute Gasteiger partial charge is 0.477 e. The third kappa shape index (κ3) is 5.39. The van der Waals surface area contributed by atoms with Crippen molar-refractivity contribution in [2.24, 2.45) is 28.4 Å². The van der Waals surface area contributed by atoms with Crippen molar-refractivity contribution in [1.29, 1.82) is 0 Å². The Kier molecular flexibility index (Phi) is 7.23. The minimum atomic E-state index is -4.20. The third-order valence-electron chi connectivity index (χ3n) is 10.8. The number of fused-ring (bicyclic) bond motifs is 1. The van der Waals surface area contributed by atoms with Gasteiger partial charge in [-0.15, -0.1) is 5.10 Å². The van der Waals surface area contributed by atoms with Gasteiger partial charge in [0.2, 0.25) is 5.88 Å². The summed E-state index contributed by atoms with van der Waals surface area (Å²) in [6.07, 6.45) is 11.2. The van der Waals surface area contributed by atoms with Crippen LogP contribution < -0.4 is 20.1 Å². The van der Waals surface area contributed by atoms with Crippen LogP contribution in [0, 0.1) is 29.6 Å². The Bertz CT molecular complexity index is 1710. The smallest absolute Gasteiger partial charge is 0.281 e. The van der Waals surface area contributed by atoms with Crippen molar-refractivity contribution >= 4 is 21.7 Å². The van der Waals surface area contributed by atoms with Gasteiger partial charge in [0.15, 0.2) is 10.8 Å². The maximum absolute atomic E-state index is 13.6. The minimum absolute atomic E-state index is 0.165. The molecule has 2 spiro atoms. The van der Waals surface area contributed by atoms with Crippen LogP contribution in [0.25, 0.3) is 5.82 Å².